The van der Waals surface area contributed by atoms with E-state index in [9.17, 15) is 0 Å². The van der Waals surface area contributed by atoms with Crippen LogP contribution >= 0.6 is 0 Å². The van der Waals surface area contributed by atoms with E-state index in [-0.39, 0.29) is 6.04 Å². The quantitative estimate of drug-likeness (QED) is 0.708. The molecule has 7 heteroatoms. The lowest BCUT2D eigenvalue weighted by Gasteiger charge is -2.33. The van der Waals surface area contributed by atoms with E-state index in [2.05, 4.69) is 32.2 Å². The Balaban J connectivity index is 1.48. The first kappa shape index (κ1) is 16.0. The third-order valence-electron chi connectivity index (χ3n) is 4.42. The second-order valence-electron chi connectivity index (χ2n) is 6.37. The Kier molecular flexibility index (Phi) is 4.58. The number of morpholine rings is 1. The summed E-state index contributed by atoms with van der Waals surface area (Å²) in [5.41, 5.74) is 2.41. The third-order valence-corrected chi connectivity index (χ3v) is 4.42. The van der Waals surface area contributed by atoms with Gasteiger partial charge in [-0.25, -0.2) is 9.67 Å². The number of aromatic nitrogens is 5. The van der Waals surface area contributed by atoms with Crippen molar-refractivity contribution in [3.63, 3.8) is 0 Å². The van der Waals surface area contributed by atoms with Gasteiger partial charge in [-0.05, 0) is 5.56 Å². The van der Waals surface area contributed by atoms with Crippen molar-refractivity contribution in [2.24, 2.45) is 7.05 Å². The summed E-state index contributed by atoms with van der Waals surface area (Å²) in [5.74, 6) is 0.819. The van der Waals surface area contributed by atoms with Gasteiger partial charge in [0.2, 0.25) is 0 Å². The number of nitrogens with zero attached hydrogens (tertiary/aromatic N) is 6. The van der Waals surface area contributed by atoms with Crippen LogP contribution in [0.2, 0.25) is 0 Å². The molecule has 1 fully saturated rings. The monoisotopic (exact) mass is 338 g/mol. The fourth-order valence-electron chi connectivity index (χ4n) is 3.16. The Labute approximate surface area is 146 Å². The molecule has 130 valence electrons. The standard InChI is InChI=1S/C18H22N6O/c1-22-10-16(9-20-22)11-23-7-8-25-13-17(23)18-19-14-24(21-18)12-15-5-3-2-4-6-15/h2-6,9-10,14,17H,7-8,11-13H2,1H3/t17-/m1/s1. The smallest absolute Gasteiger partial charge is 0.170 e. The average Bonchev–Trinajstić information content (AvgIpc) is 3.25. The minimum absolute atomic E-state index is 0.0750. The first-order valence-electron chi connectivity index (χ1n) is 8.50. The van der Waals surface area contributed by atoms with Gasteiger partial charge in [0.1, 0.15) is 6.33 Å². The molecule has 1 atom stereocenters. The van der Waals surface area contributed by atoms with Gasteiger partial charge in [-0.3, -0.25) is 9.58 Å². The number of hydrogen-bond donors (Lipinski definition) is 0. The van der Waals surface area contributed by atoms with E-state index in [0.29, 0.717) is 6.61 Å². The maximum absolute atomic E-state index is 5.69. The molecule has 7 nitrogen and oxygen atoms in total. The Morgan fingerprint density at radius 2 is 2.04 bits per heavy atom. The van der Waals surface area contributed by atoms with Crippen LogP contribution in [0.4, 0.5) is 0 Å². The summed E-state index contributed by atoms with van der Waals surface area (Å²) in [6.07, 6.45) is 5.76. The molecule has 2 aromatic heterocycles. The molecule has 0 N–H and O–H groups in total. The van der Waals surface area contributed by atoms with Gasteiger partial charge < -0.3 is 4.74 Å². The highest BCUT2D eigenvalue weighted by atomic mass is 16.5. The van der Waals surface area contributed by atoms with E-state index in [1.165, 1.54) is 11.1 Å². The second kappa shape index (κ2) is 7.16. The number of rotatable bonds is 5. The molecular formula is C18H22N6O. The van der Waals surface area contributed by atoms with Crippen LogP contribution < -0.4 is 0 Å². The van der Waals surface area contributed by atoms with Crippen molar-refractivity contribution in [1.82, 2.24) is 29.4 Å². The predicted molar refractivity (Wildman–Crippen MR) is 92.7 cm³/mol. The average molecular weight is 338 g/mol. The predicted octanol–water partition coefficient (Wildman–Crippen LogP) is 1.63. The highest BCUT2D eigenvalue weighted by Crippen LogP contribution is 2.23. The van der Waals surface area contributed by atoms with E-state index in [0.717, 1.165) is 32.1 Å². The maximum Gasteiger partial charge on any atom is 0.170 e. The molecule has 0 saturated carbocycles. The summed E-state index contributed by atoms with van der Waals surface area (Å²) in [4.78, 5) is 6.91. The zero-order valence-electron chi connectivity index (χ0n) is 14.3. The number of benzene rings is 1. The molecule has 1 aromatic carbocycles. The van der Waals surface area contributed by atoms with Crippen molar-refractivity contribution in [3.8, 4) is 0 Å². The Bertz CT molecular complexity index is 812. The summed E-state index contributed by atoms with van der Waals surface area (Å²) in [7, 11) is 1.94. The van der Waals surface area contributed by atoms with Gasteiger partial charge in [0.05, 0.1) is 32.0 Å². The molecule has 3 aromatic rings. The molecule has 1 aliphatic heterocycles. The maximum atomic E-state index is 5.69. The minimum atomic E-state index is 0.0750. The van der Waals surface area contributed by atoms with Crippen LogP contribution in [-0.2, 0) is 24.9 Å². The van der Waals surface area contributed by atoms with E-state index in [4.69, 9.17) is 4.74 Å². The van der Waals surface area contributed by atoms with Crippen LogP contribution in [-0.4, -0.2) is 49.2 Å². The topological polar surface area (TPSA) is 61.0 Å². The van der Waals surface area contributed by atoms with Crippen molar-refractivity contribution >= 4 is 0 Å². The van der Waals surface area contributed by atoms with E-state index in [1.807, 2.05) is 47.0 Å². The molecule has 0 aliphatic carbocycles. The summed E-state index contributed by atoms with van der Waals surface area (Å²) in [6, 6.07) is 10.4. The van der Waals surface area contributed by atoms with Gasteiger partial charge in [0.15, 0.2) is 5.82 Å². The summed E-state index contributed by atoms with van der Waals surface area (Å²) < 4.78 is 9.41. The molecule has 25 heavy (non-hydrogen) atoms. The summed E-state index contributed by atoms with van der Waals surface area (Å²) in [5, 5.41) is 8.94. The first-order valence-corrected chi connectivity index (χ1v) is 8.50. The Morgan fingerprint density at radius 3 is 2.84 bits per heavy atom. The van der Waals surface area contributed by atoms with Crippen LogP contribution in [0.15, 0.2) is 49.1 Å². The molecule has 4 rings (SSSR count). The highest BCUT2D eigenvalue weighted by molar-refractivity contribution is 5.14. The van der Waals surface area contributed by atoms with Gasteiger partial charge in [-0.15, -0.1) is 0 Å². The molecule has 0 amide bonds. The molecule has 1 aliphatic rings. The Hall–Kier alpha value is -2.51. The van der Waals surface area contributed by atoms with Crippen LogP contribution in [0, 0.1) is 0 Å². The lowest BCUT2D eigenvalue weighted by atomic mass is 10.2. The lowest BCUT2D eigenvalue weighted by Crippen LogP contribution is -2.39. The van der Waals surface area contributed by atoms with E-state index < -0.39 is 0 Å². The van der Waals surface area contributed by atoms with Gasteiger partial charge in [0.25, 0.3) is 0 Å². The summed E-state index contributed by atoms with van der Waals surface area (Å²) >= 11 is 0. The largest absolute Gasteiger partial charge is 0.378 e. The van der Waals surface area contributed by atoms with Crippen molar-refractivity contribution in [2.45, 2.75) is 19.1 Å². The number of hydrogen-bond acceptors (Lipinski definition) is 5. The molecule has 3 heterocycles. The van der Waals surface area contributed by atoms with Crippen LogP contribution in [0.25, 0.3) is 0 Å². The Morgan fingerprint density at radius 1 is 1.16 bits per heavy atom. The molecule has 0 bridgehead atoms. The second-order valence-corrected chi connectivity index (χ2v) is 6.37. The van der Waals surface area contributed by atoms with Crippen molar-refractivity contribution in [2.75, 3.05) is 19.8 Å². The van der Waals surface area contributed by atoms with Crippen molar-refractivity contribution in [3.05, 3.63) is 66.0 Å². The summed E-state index contributed by atoms with van der Waals surface area (Å²) in [6.45, 7) is 3.78. The van der Waals surface area contributed by atoms with Gasteiger partial charge in [0, 0.05) is 31.9 Å². The lowest BCUT2D eigenvalue weighted by molar-refractivity contribution is -0.0159. The van der Waals surface area contributed by atoms with Crippen molar-refractivity contribution in [1.29, 1.82) is 0 Å². The van der Waals surface area contributed by atoms with Crippen LogP contribution in [0.1, 0.15) is 23.0 Å². The fraction of sp³-hybridized carbons (Fsp3) is 0.389. The molecule has 0 unspecified atom stereocenters. The zero-order chi connectivity index (χ0) is 17.1. The zero-order valence-corrected chi connectivity index (χ0v) is 14.3. The third kappa shape index (κ3) is 3.78. The van der Waals surface area contributed by atoms with Gasteiger partial charge >= 0.3 is 0 Å². The fourth-order valence-corrected chi connectivity index (χ4v) is 3.16. The molecular weight excluding hydrogens is 316 g/mol. The molecule has 1 saturated heterocycles. The van der Waals surface area contributed by atoms with Crippen LogP contribution in [0.5, 0.6) is 0 Å². The first-order chi connectivity index (χ1) is 12.3. The minimum Gasteiger partial charge on any atom is -0.378 e. The normalized spacial score (nSPS) is 18.5. The van der Waals surface area contributed by atoms with Gasteiger partial charge in [-0.1, -0.05) is 30.3 Å². The van der Waals surface area contributed by atoms with Gasteiger partial charge in [-0.2, -0.15) is 10.2 Å². The van der Waals surface area contributed by atoms with Crippen LogP contribution in [0.3, 0.4) is 0 Å². The van der Waals surface area contributed by atoms with E-state index >= 15 is 0 Å². The number of ether oxygens (including phenoxy) is 1. The number of aryl methyl sites for hydroxylation is 1. The molecule has 0 radical (unpaired) electrons. The van der Waals surface area contributed by atoms with E-state index in [1.54, 1.807) is 6.33 Å². The molecule has 0 spiro atoms. The van der Waals surface area contributed by atoms with Crippen molar-refractivity contribution < 1.29 is 4.74 Å². The highest BCUT2D eigenvalue weighted by Gasteiger charge is 2.28. The SMILES string of the molecule is Cn1cc(CN2CCOC[C@@H]2c2ncn(Cc3ccccc3)n2)cn1.